The summed E-state index contributed by atoms with van der Waals surface area (Å²) in [6.45, 7) is 0. The molecular formula is C28H20F2N6O5. The molecule has 1 fully saturated rings. The molecule has 13 heteroatoms. The molecule has 1 saturated carbocycles. The number of hydrogen-bond acceptors (Lipinski definition) is 9. The zero-order valence-corrected chi connectivity index (χ0v) is 21.4. The lowest BCUT2D eigenvalue weighted by molar-refractivity contribution is -0.131. The van der Waals surface area contributed by atoms with Gasteiger partial charge in [-0.3, -0.25) is 14.6 Å². The van der Waals surface area contributed by atoms with Crippen molar-refractivity contribution in [1.82, 2.24) is 20.2 Å². The van der Waals surface area contributed by atoms with Gasteiger partial charge < -0.3 is 24.5 Å². The zero-order chi connectivity index (χ0) is 28.6. The molecule has 2 N–H and O–H groups in total. The first kappa shape index (κ1) is 25.8. The topological polar surface area (TPSA) is 141 Å². The van der Waals surface area contributed by atoms with Crippen LogP contribution in [-0.2, 0) is 9.59 Å². The van der Waals surface area contributed by atoms with Gasteiger partial charge in [-0.15, -0.1) is 10.2 Å². The molecule has 0 atom stereocenters. The number of carbonyl (C=O) groups is 2. The van der Waals surface area contributed by atoms with Crippen LogP contribution in [-0.4, -0.2) is 39.1 Å². The van der Waals surface area contributed by atoms with Gasteiger partial charge in [0, 0.05) is 29.4 Å². The van der Waals surface area contributed by atoms with Crippen LogP contribution in [0.3, 0.4) is 0 Å². The van der Waals surface area contributed by atoms with E-state index in [1.807, 2.05) is 0 Å². The van der Waals surface area contributed by atoms with E-state index in [0.29, 0.717) is 40.7 Å². The fourth-order valence-corrected chi connectivity index (χ4v) is 4.25. The van der Waals surface area contributed by atoms with E-state index in [-0.39, 0.29) is 23.2 Å². The predicted molar refractivity (Wildman–Crippen MR) is 141 cm³/mol. The maximum atomic E-state index is 15.1. The van der Waals surface area contributed by atoms with E-state index in [1.54, 1.807) is 18.2 Å². The number of halogens is 2. The molecule has 0 aliphatic heterocycles. The van der Waals surface area contributed by atoms with Gasteiger partial charge in [0.25, 0.3) is 11.8 Å². The lowest BCUT2D eigenvalue weighted by Gasteiger charge is -2.16. The maximum absolute atomic E-state index is 15.1. The lowest BCUT2D eigenvalue weighted by atomic mass is 10.0. The SMILES string of the molecule is COc1cc2nccc(Oc3ncc(NC(=O)C4(C(=O)Nc5ccc(F)cc5)CC4)cc3F)c2cc1-c1nnco1. The molecule has 0 bridgehead atoms. The van der Waals surface area contributed by atoms with Crippen molar-refractivity contribution < 1.29 is 32.3 Å². The highest BCUT2D eigenvalue weighted by molar-refractivity contribution is 6.16. The van der Waals surface area contributed by atoms with Crippen LogP contribution in [0.5, 0.6) is 17.4 Å². The number of rotatable bonds is 8. The lowest BCUT2D eigenvalue weighted by Crippen LogP contribution is -2.35. The summed E-state index contributed by atoms with van der Waals surface area (Å²) in [7, 11) is 1.49. The summed E-state index contributed by atoms with van der Waals surface area (Å²) in [6.07, 6.45) is 4.52. The first-order valence-corrected chi connectivity index (χ1v) is 12.3. The van der Waals surface area contributed by atoms with Crippen LogP contribution in [0.4, 0.5) is 20.2 Å². The molecule has 3 aromatic heterocycles. The third kappa shape index (κ3) is 5.00. The summed E-state index contributed by atoms with van der Waals surface area (Å²) >= 11 is 0. The fourth-order valence-electron chi connectivity index (χ4n) is 4.25. The molecule has 5 aromatic rings. The summed E-state index contributed by atoms with van der Waals surface area (Å²) in [6, 6.07) is 11.1. The quantitative estimate of drug-likeness (QED) is 0.248. The molecule has 2 amide bonds. The maximum Gasteiger partial charge on any atom is 0.256 e. The molecule has 1 aliphatic rings. The Morgan fingerprint density at radius 2 is 1.71 bits per heavy atom. The Labute approximate surface area is 230 Å². The number of benzene rings is 2. The van der Waals surface area contributed by atoms with Gasteiger partial charge in [0.15, 0.2) is 5.82 Å². The van der Waals surface area contributed by atoms with Gasteiger partial charge in [0.2, 0.25) is 18.2 Å². The van der Waals surface area contributed by atoms with Gasteiger partial charge in [-0.1, -0.05) is 0 Å². The summed E-state index contributed by atoms with van der Waals surface area (Å²) in [4.78, 5) is 34.1. The molecule has 0 saturated heterocycles. The minimum Gasteiger partial charge on any atom is -0.496 e. The Morgan fingerprint density at radius 3 is 2.37 bits per heavy atom. The van der Waals surface area contributed by atoms with Crippen molar-refractivity contribution in [1.29, 1.82) is 0 Å². The molecule has 2 aromatic carbocycles. The van der Waals surface area contributed by atoms with Gasteiger partial charge >= 0.3 is 0 Å². The van der Waals surface area contributed by atoms with Crippen molar-refractivity contribution >= 4 is 34.1 Å². The summed E-state index contributed by atoms with van der Waals surface area (Å²) in [5.41, 5.74) is 0.0761. The first-order chi connectivity index (χ1) is 19.9. The van der Waals surface area contributed by atoms with E-state index in [9.17, 15) is 14.0 Å². The average molecular weight is 559 g/mol. The van der Waals surface area contributed by atoms with Crippen molar-refractivity contribution in [2.75, 3.05) is 17.7 Å². The molecule has 206 valence electrons. The van der Waals surface area contributed by atoms with E-state index < -0.39 is 28.9 Å². The summed E-state index contributed by atoms with van der Waals surface area (Å²) in [5.74, 6) is -1.88. The molecular weight excluding hydrogens is 538 g/mol. The van der Waals surface area contributed by atoms with Crippen molar-refractivity contribution in [3.8, 4) is 28.8 Å². The summed E-state index contributed by atoms with van der Waals surface area (Å²) < 4.78 is 44.7. The largest absolute Gasteiger partial charge is 0.496 e. The van der Waals surface area contributed by atoms with Gasteiger partial charge in [-0.05, 0) is 49.2 Å². The van der Waals surface area contributed by atoms with Crippen LogP contribution >= 0.6 is 0 Å². The number of hydrogen-bond donors (Lipinski definition) is 2. The van der Waals surface area contributed by atoms with Gasteiger partial charge in [-0.2, -0.15) is 0 Å². The van der Waals surface area contributed by atoms with Gasteiger partial charge in [0.05, 0.1) is 30.1 Å². The van der Waals surface area contributed by atoms with Crippen LogP contribution in [0, 0.1) is 17.0 Å². The molecule has 0 unspecified atom stereocenters. The first-order valence-electron chi connectivity index (χ1n) is 12.3. The third-order valence-corrected chi connectivity index (χ3v) is 6.61. The van der Waals surface area contributed by atoms with E-state index in [0.717, 1.165) is 6.07 Å². The number of amides is 2. The number of fused-ring (bicyclic) bond motifs is 1. The molecule has 1 aliphatic carbocycles. The number of pyridine rings is 2. The highest BCUT2D eigenvalue weighted by Crippen LogP contribution is 2.47. The average Bonchev–Trinajstić information content (AvgIpc) is 3.62. The van der Waals surface area contributed by atoms with E-state index in [4.69, 9.17) is 13.9 Å². The summed E-state index contributed by atoms with van der Waals surface area (Å²) in [5, 5.41) is 13.3. The van der Waals surface area contributed by atoms with Crippen molar-refractivity contribution in [3.63, 3.8) is 0 Å². The normalized spacial score (nSPS) is 13.4. The van der Waals surface area contributed by atoms with Crippen molar-refractivity contribution in [2.24, 2.45) is 5.41 Å². The van der Waals surface area contributed by atoms with Crippen molar-refractivity contribution in [2.45, 2.75) is 12.8 Å². The number of nitrogens with one attached hydrogen (secondary N) is 2. The number of aromatic nitrogens is 4. The molecule has 0 radical (unpaired) electrons. The highest BCUT2D eigenvalue weighted by atomic mass is 19.1. The Hall–Kier alpha value is -5.46. The second-order valence-electron chi connectivity index (χ2n) is 9.23. The molecule has 11 nitrogen and oxygen atoms in total. The second-order valence-corrected chi connectivity index (χ2v) is 9.23. The minimum absolute atomic E-state index is 0.0451. The third-order valence-electron chi connectivity index (χ3n) is 6.61. The van der Waals surface area contributed by atoms with Crippen LogP contribution in [0.2, 0.25) is 0 Å². The van der Waals surface area contributed by atoms with E-state index in [1.165, 1.54) is 50.2 Å². The van der Waals surface area contributed by atoms with Crippen LogP contribution in [0.1, 0.15) is 12.8 Å². The van der Waals surface area contributed by atoms with Crippen LogP contribution in [0.25, 0.3) is 22.4 Å². The van der Waals surface area contributed by atoms with Gasteiger partial charge in [-0.25, -0.2) is 13.8 Å². The monoisotopic (exact) mass is 558 g/mol. The Bertz CT molecular complexity index is 1780. The van der Waals surface area contributed by atoms with E-state index >= 15 is 4.39 Å². The standard InChI is InChI=1S/C28H20F2N6O5/c1-39-23-12-21-18(11-19(23)24-36-33-14-40-24)22(6-9-31-21)41-25-20(30)10-17(13-32-25)35-27(38)28(7-8-28)26(37)34-16-4-2-15(29)3-5-16/h2-6,9-14H,7-8H2,1H3,(H,34,37)(H,35,38). The molecule has 0 spiro atoms. The van der Waals surface area contributed by atoms with Gasteiger partial charge in [0.1, 0.15) is 22.7 Å². The molecule has 41 heavy (non-hydrogen) atoms. The van der Waals surface area contributed by atoms with Crippen LogP contribution < -0.4 is 20.1 Å². The van der Waals surface area contributed by atoms with Crippen molar-refractivity contribution in [3.05, 3.63) is 79.0 Å². The Balaban J connectivity index is 1.20. The number of anilines is 2. The zero-order valence-electron chi connectivity index (χ0n) is 21.4. The predicted octanol–water partition coefficient (Wildman–Crippen LogP) is 5.12. The van der Waals surface area contributed by atoms with E-state index in [2.05, 4.69) is 30.8 Å². The fraction of sp³-hybridized carbons (Fsp3) is 0.143. The number of ether oxygens (including phenoxy) is 2. The second kappa shape index (κ2) is 10.3. The molecule has 6 rings (SSSR count). The Kier molecular flexibility index (Phi) is 6.46. The smallest absolute Gasteiger partial charge is 0.256 e. The molecule has 3 heterocycles. The number of carbonyl (C=O) groups excluding carboxylic acids is 2. The number of nitrogens with zero attached hydrogens (tertiary/aromatic N) is 4. The van der Waals surface area contributed by atoms with Crippen LogP contribution in [0.15, 0.2) is 71.7 Å². The Morgan fingerprint density at radius 1 is 0.951 bits per heavy atom. The highest BCUT2D eigenvalue weighted by Gasteiger charge is 2.56. The minimum atomic E-state index is -1.31. The number of methoxy groups -OCH3 is 1.